The van der Waals surface area contributed by atoms with Gasteiger partial charge in [0.2, 0.25) is 0 Å². The Morgan fingerprint density at radius 2 is 1.39 bits per heavy atom. The highest BCUT2D eigenvalue weighted by Crippen LogP contribution is 2.23. The maximum absolute atomic E-state index is 12.6. The lowest BCUT2D eigenvalue weighted by Crippen LogP contribution is -2.19. The average molecular weight is 375 g/mol. The lowest BCUT2D eigenvalue weighted by atomic mass is 10.1. The SMILES string of the molecule is CCc1ccccc1NC(=O)c1cccc(C(=O)Nc2ccccc2OC)n1. The molecule has 0 fully saturated rings. The van der Waals surface area contributed by atoms with Gasteiger partial charge in [-0.05, 0) is 42.3 Å². The normalized spacial score (nSPS) is 10.2. The molecule has 1 aromatic heterocycles. The van der Waals surface area contributed by atoms with E-state index in [9.17, 15) is 9.59 Å². The number of pyridine rings is 1. The molecule has 3 aromatic rings. The molecule has 2 amide bonds. The summed E-state index contributed by atoms with van der Waals surface area (Å²) in [5.41, 5.74) is 2.60. The third-order valence-corrected chi connectivity index (χ3v) is 4.22. The van der Waals surface area contributed by atoms with Gasteiger partial charge in [-0.15, -0.1) is 0 Å². The van der Waals surface area contributed by atoms with Crippen LogP contribution in [0.4, 0.5) is 11.4 Å². The second kappa shape index (κ2) is 8.81. The lowest BCUT2D eigenvalue weighted by molar-refractivity contribution is 0.101. The van der Waals surface area contributed by atoms with Crippen LogP contribution in [0.5, 0.6) is 5.75 Å². The summed E-state index contributed by atoms with van der Waals surface area (Å²) in [5.74, 6) is -0.248. The van der Waals surface area contributed by atoms with Crippen molar-refractivity contribution in [2.24, 2.45) is 0 Å². The van der Waals surface area contributed by atoms with E-state index in [1.807, 2.05) is 37.3 Å². The zero-order valence-electron chi connectivity index (χ0n) is 15.7. The van der Waals surface area contributed by atoms with Crippen LogP contribution in [0.3, 0.4) is 0 Å². The van der Waals surface area contributed by atoms with Crippen molar-refractivity contribution in [1.29, 1.82) is 0 Å². The lowest BCUT2D eigenvalue weighted by Gasteiger charge is -2.11. The van der Waals surface area contributed by atoms with Crippen molar-refractivity contribution < 1.29 is 14.3 Å². The number of aromatic nitrogens is 1. The Balaban J connectivity index is 1.78. The smallest absolute Gasteiger partial charge is 0.274 e. The number of nitrogens with zero attached hydrogens (tertiary/aromatic N) is 1. The molecule has 1 heterocycles. The molecule has 0 aliphatic carbocycles. The number of benzene rings is 2. The van der Waals surface area contributed by atoms with Crippen LogP contribution in [-0.2, 0) is 6.42 Å². The van der Waals surface area contributed by atoms with Crippen LogP contribution in [0.25, 0.3) is 0 Å². The van der Waals surface area contributed by atoms with E-state index in [-0.39, 0.29) is 17.3 Å². The fourth-order valence-electron chi connectivity index (χ4n) is 2.76. The first-order chi connectivity index (χ1) is 13.6. The first kappa shape index (κ1) is 19.1. The van der Waals surface area contributed by atoms with Gasteiger partial charge in [-0.25, -0.2) is 4.98 Å². The highest BCUT2D eigenvalue weighted by molar-refractivity contribution is 6.06. The minimum atomic E-state index is -0.423. The van der Waals surface area contributed by atoms with Crippen molar-refractivity contribution in [1.82, 2.24) is 4.98 Å². The number of carbonyl (C=O) groups is 2. The van der Waals surface area contributed by atoms with E-state index in [4.69, 9.17) is 4.74 Å². The molecule has 0 bridgehead atoms. The van der Waals surface area contributed by atoms with Crippen LogP contribution < -0.4 is 15.4 Å². The van der Waals surface area contributed by atoms with Gasteiger partial charge in [-0.2, -0.15) is 0 Å². The molecule has 0 radical (unpaired) electrons. The number of anilines is 2. The van der Waals surface area contributed by atoms with E-state index < -0.39 is 5.91 Å². The molecule has 28 heavy (non-hydrogen) atoms. The van der Waals surface area contributed by atoms with Gasteiger partial charge in [0.25, 0.3) is 11.8 Å². The minimum absolute atomic E-state index is 0.141. The summed E-state index contributed by atoms with van der Waals surface area (Å²) in [6, 6.07) is 19.4. The number of amides is 2. The van der Waals surface area contributed by atoms with Crippen molar-refractivity contribution in [2.45, 2.75) is 13.3 Å². The Labute approximate surface area is 163 Å². The molecule has 0 unspecified atom stereocenters. The van der Waals surface area contributed by atoms with E-state index in [0.29, 0.717) is 11.4 Å². The van der Waals surface area contributed by atoms with Crippen LogP contribution in [0.2, 0.25) is 0 Å². The van der Waals surface area contributed by atoms with E-state index in [2.05, 4.69) is 15.6 Å². The van der Waals surface area contributed by atoms with Gasteiger partial charge >= 0.3 is 0 Å². The molecule has 0 saturated carbocycles. The van der Waals surface area contributed by atoms with Crippen molar-refractivity contribution in [3.63, 3.8) is 0 Å². The number of ether oxygens (including phenoxy) is 1. The van der Waals surface area contributed by atoms with Crippen molar-refractivity contribution >= 4 is 23.2 Å². The van der Waals surface area contributed by atoms with E-state index in [1.165, 1.54) is 7.11 Å². The van der Waals surface area contributed by atoms with Crippen LogP contribution in [-0.4, -0.2) is 23.9 Å². The third kappa shape index (κ3) is 4.35. The highest BCUT2D eigenvalue weighted by Gasteiger charge is 2.15. The van der Waals surface area contributed by atoms with Gasteiger partial charge in [0.1, 0.15) is 17.1 Å². The van der Waals surface area contributed by atoms with Gasteiger partial charge in [0, 0.05) is 5.69 Å². The summed E-state index contributed by atoms with van der Waals surface area (Å²) in [5, 5.41) is 5.61. The van der Waals surface area contributed by atoms with Crippen molar-refractivity contribution in [3.8, 4) is 5.75 Å². The Morgan fingerprint density at radius 3 is 2.04 bits per heavy atom. The third-order valence-electron chi connectivity index (χ3n) is 4.22. The Hall–Kier alpha value is -3.67. The molecule has 0 atom stereocenters. The number of hydrogen-bond acceptors (Lipinski definition) is 4. The number of para-hydroxylation sites is 3. The second-order valence-electron chi connectivity index (χ2n) is 6.03. The molecule has 0 saturated heterocycles. The van der Waals surface area contributed by atoms with Gasteiger partial charge in [-0.3, -0.25) is 9.59 Å². The molecule has 2 aromatic carbocycles. The maximum atomic E-state index is 12.6. The maximum Gasteiger partial charge on any atom is 0.274 e. The predicted molar refractivity (Wildman–Crippen MR) is 109 cm³/mol. The summed E-state index contributed by atoms with van der Waals surface area (Å²) in [4.78, 5) is 29.4. The molecule has 3 rings (SSSR count). The first-order valence-electron chi connectivity index (χ1n) is 8.93. The van der Waals surface area contributed by atoms with Crippen molar-refractivity contribution in [2.75, 3.05) is 17.7 Å². The van der Waals surface area contributed by atoms with E-state index in [1.54, 1.807) is 36.4 Å². The van der Waals surface area contributed by atoms with Crippen LogP contribution in [0.15, 0.2) is 66.7 Å². The number of rotatable bonds is 6. The van der Waals surface area contributed by atoms with Crippen LogP contribution in [0.1, 0.15) is 33.5 Å². The van der Waals surface area contributed by atoms with E-state index >= 15 is 0 Å². The summed E-state index contributed by atoms with van der Waals surface area (Å²) in [6.45, 7) is 2.02. The zero-order chi connectivity index (χ0) is 19.9. The standard InChI is InChI=1S/C22H21N3O3/c1-3-15-9-4-5-10-16(15)24-21(26)18-12-8-13-19(23-18)22(27)25-17-11-6-7-14-20(17)28-2/h4-14H,3H2,1-2H3,(H,24,26)(H,25,27). The molecular weight excluding hydrogens is 354 g/mol. The number of methoxy groups -OCH3 is 1. The summed E-state index contributed by atoms with van der Waals surface area (Å²) in [6.07, 6.45) is 0.797. The quantitative estimate of drug-likeness (QED) is 0.678. The monoisotopic (exact) mass is 375 g/mol. The second-order valence-corrected chi connectivity index (χ2v) is 6.03. The largest absolute Gasteiger partial charge is 0.495 e. The van der Waals surface area contributed by atoms with Crippen LogP contribution >= 0.6 is 0 Å². The van der Waals surface area contributed by atoms with Gasteiger partial charge in [0.05, 0.1) is 12.8 Å². The Kier molecular flexibility index (Phi) is 6.01. The zero-order valence-corrected chi connectivity index (χ0v) is 15.7. The molecule has 6 heteroatoms. The van der Waals surface area contributed by atoms with Gasteiger partial charge in [0.15, 0.2) is 0 Å². The molecule has 0 aliphatic heterocycles. The fourth-order valence-corrected chi connectivity index (χ4v) is 2.76. The fraction of sp³-hybridized carbons (Fsp3) is 0.136. The molecule has 0 spiro atoms. The van der Waals surface area contributed by atoms with Gasteiger partial charge in [-0.1, -0.05) is 43.3 Å². The highest BCUT2D eigenvalue weighted by atomic mass is 16.5. The predicted octanol–water partition coefficient (Wildman–Crippen LogP) is 4.16. The van der Waals surface area contributed by atoms with Crippen LogP contribution in [0, 0.1) is 0 Å². The molecule has 0 aliphatic rings. The molecule has 6 nitrogen and oxygen atoms in total. The Bertz CT molecular complexity index is 925. The summed E-state index contributed by atoms with van der Waals surface area (Å²) in [7, 11) is 1.53. The number of hydrogen-bond donors (Lipinski definition) is 2. The first-order valence-corrected chi connectivity index (χ1v) is 8.93. The topological polar surface area (TPSA) is 80.3 Å². The number of nitrogens with one attached hydrogen (secondary N) is 2. The summed E-state index contributed by atoms with van der Waals surface area (Å²) >= 11 is 0. The summed E-state index contributed by atoms with van der Waals surface area (Å²) < 4.78 is 5.23. The molecule has 142 valence electrons. The number of carbonyl (C=O) groups excluding carboxylic acids is 2. The van der Waals surface area contributed by atoms with Gasteiger partial charge < -0.3 is 15.4 Å². The number of aryl methyl sites for hydroxylation is 1. The Morgan fingerprint density at radius 1 is 0.821 bits per heavy atom. The average Bonchev–Trinajstić information content (AvgIpc) is 2.74. The van der Waals surface area contributed by atoms with E-state index in [0.717, 1.165) is 17.7 Å². The molecular formula is C22H21N3O3. The molecule has 2 N–H and O–H groups in total. The van der Waals surface area contributed by atoms with Crippen molar-refractivity contribution in [3.05, 3.63) is 83.7 Å². The minimum Gasteiger partial charge on any atom is -0.495 e.